The molecule has 0 amide bonds. The molecule has 4 saturated carbocycles. The minimum absolute atomic E-state index is 0.133. The molecule has 25 atom stereocenters. The van der Waals surface area contributed by atoms with Gasteiger partial charge in [-0.15, -0.1) is 0 Å². The van der Waals surface area contributed by atoms with Crippen molar-refractivity contribution < 1.29 is 89.7 Å². The van der Waals surface area contributed by atoms with E-state index in [1.54, 1.807) is 0 Å². The maximum atomic E-state index is 12.7. The highest BCUT2D eigenvalue weighted by Crippen LogP contribution is 2.76. The number of aliphatic hydroxyl groups is 12. The number of fused-ring (bicyclic) bond motifs is 5. The standard InChI is InChI=1S/C48H82O18/c1-22(2)10-9-14-48(8,66-43-40(60)37(57)34(54)27(64-43)21-61-41-38(58)35(55)32(52)25(19-49)62-41)23-11-16-47(7)31(23)24(51)18-29-45(5)15-13-30(44(3,4)28(45)12-17-46(29,47)6)65-42-39(59)36(56)33(53)26(20-50)63-42/h10,23-43,49-60H,9,11-21H2,1-8H3/t23-,24+,25+,26+,27+,28-,29+,30-,31+,32+,33+,34+,35-,36-,37-,38+,39+,40+,41+,42-,43-,45-,46+,47+,48-/m0/s1. The molecule has 3 saturated heterocycles. The summed E-state index contributed by atoms with van der Waals surface area (Å²) in [5.74, 6) is -0.128. The SMILES string of the molecule is CC(C)=CCC[C@](C)(O[C@@H]1O[C@H](CO[C@@H]2O[C@H](CO)[C@@H](O)[C@H](O)[C@H]2O)[C@@H](O)[C@H](O)[C@H]1O)[C@H]1CC[C@]2(C)[C@H]1[C@H](O)C[C@@H]1[C@@]3(C)CC[C@H](O[C@@H]4O[C@H](CO)[C@@H](O)[C@H](O)[C@H]4O)C(C)(C)[C@@H]3CC[C@]12C. The Labute approximate surface area is 388 Å². The van der Waals surface area contributed by atoms with Gasteiger partial charge in [0.2, 0.25) is 0 Å². The summed E-state index contributed by atoms with van der Waals surface area (Å²) in [5, 5.41) is 129. The van der Waals surface area contributed by atoms with Crippen molar-refractivity contribution in [2.75, 3.05) is 19.8 Å². The van der Waals surface area contributed by atoms with E-state index in [4.69, 9.17) is 28.4 Å². The first kappa shape index (κ1) is 52.8. The molecule has 3 heterocycles. The summed E-state index contributed by atoms with van der Waals surface area (Å²) in [4.78, 5) is 0. The van der Waals surface area contributed by atoms with E-state index in [0.717, 1.165) is 31.3 Å². The first-order valence-corrected chi connectivity index (χ1v) is 24.4. The fraction of sp³-hybridized carbons (Fsp3) is 0.958. The van der Waals surface area contributed by atoms with Crippen LogP contribution in [0.5, 0.6) is 0 Å². The molecular weight excluding hydrogens is 865 g/mol. The quantitative estimate of drug-likeness (QED) is 0.0853. The van der Waals surface area contributed by atoms with E-state index in [-0.39, 0.29) is 46.0 Å². The van der Waals surface area contributed by atoms with E-state index >= 15 is 0 Å². The highest BCUT2D eigenvalue weighted by atomic mass is 16.7. The van der Waals surface area contributed by atoms with Crippen LogP contribution in [0.25, 0.3) is 0 Å². The Kier molecular flexibility index (Phi) is 15.7. The number of rotatable bonds is 13. The highest BCUT2D eigenvalue weighted by molar-refractivity contribution is 5.20. The van der Waals surface area contributed by atoms with Crippen molar-refractivity contribution >= 4 is 0 Å². The van der Waals surface area contributed by atoms with Crippen molar-refractivity contribution in [1.82, 2.24) is 0 Å². The predicted molar refractivity (Wildman–Crippen MR) is 234 cm³/mol. The molecule has 18 nitrogen and oxygen atoms in total. The van der Waals surface area contributed by atoms with Gasteiger partial charge in [-0.3, -0.25) is 0 Å². The van der Waals surface area contributed by atoms with Gasteiger partial charge in [0.1, 0.15) is 73.2 Å². The third kappa shape index (κ3) is 8.90. The molecule has 12 N–H and O–H groups in total. The first-order valence-electron chi connectivity index (χ1n) is 24.4. The van der Waals surface area contributed by atoms with Crippen molar-refractivity contribution in [2.45, 2.75) is 223 Å². The average molecular weight is 947 g/mol. The molecule has 7 fully saturated rings. The molecule has 0 spiro atoms. The lowest BCUT2D eigenvalue weighted by molar-refractivity contribution is -0.350. The topological polar surface area (TPSA) is 298 Å². The number of hydrogen-bond donors (Lipinski definition) is 12. The summed E-state index contributed by atoms with van der Waals surface area (Å²) in [5.41, 5.74) is -1.06. The predicted octanol–water partition coefficient (Wildman–Crippen LogP) is -0.0268. The molecule has 4 aliphatic carbocycles. The van der Waals surface area contributed by atoms with Crippen LogP contribution in [0.4, 0.5) is 0 Å². The Morgan fingerprint density at radius 2 is 1.15 bits per heavy atom. The van der Waals surface area contributed by atoms with Crippen LogP contribution >= 0.6 is 0 Å². The highest BCUT2D eigenvalue weighted by Gasteiger charge is 2.72. The fourth-order valence-electron chi connectivity index (χ4n) is 14.8. The lowest BCUT2D eigenvalue weighted by Crippen LogP contribution is -2.67. The second-order valence-corrected chi connectivity index (χ2v) is 22.9. The molecule has 3 aliphatic heterocycles. The first-order chi connectivity index (χ1) is 30.8. The van der Waals surface area contributed by atoms with Gasteiger partial charge < -0.3 is 89.7 Å². The van der Waals surface area contributed by atoms with Gasteiger partial charge >= 0.3 is 0 Å². The van der Waals surface area contributed by atoms with Gasteiger partial charge in [0.05, 0.1) is 37.6 Å². The zero-order valence-corrected chi connectivity index (χ0v) is 40.0. The Bertz CT molecular complexity index is 1680. The fourth-order valence-corrected chi connectivity index (χ4v) is 14.8. The van der Waals surface area contributed by atoms with Crippen molar-refractivity contribution in [3.8, 4) is 0 Å². The summed E-state index contributed by atoms with van der Waals surface area (Å²) in [7, 11) is 0. The molecule has 0 aromatic carbocycles. The number of allylic oxidation sites excluding steroid dienone is 2. The van der Waals surface area contributed by atoms with Crippen molar-refractivity contribution in [3.63, 3.8) is 0 Å². The molecule has 7 aliphatic rings. The molecular formula is C48H82O18. The Morgan fingerprint density at radius 1 is 0.621 bits per heavy atom. The third-order valence-corrected chi connectivity index (χ3v) is 18.8. The summed E-state index contributed by atoms with van der Waals surface area (Å²) in [6.07, 6.45) is -14.9. The molecule has 0 bridgehead atoms. The summed E-state index contributed by atoms with van der Waals surface area (Å²) >= 11 is 0. The monoisotopic (exact) mass is 947 g/mol. The lowest BCUT2D eigenvalue weighted by atomic mass is 9.35. The number of hydrogen-bond acceptors (Lipinski definition) is 18. The van der Waals surface area contributed by atoms with E-state index in [0.29, 0.717) is 32.1 Å². The van der Waals surface area contributed by atoms with Crippen LogP contribution < -0.4 is 0 Å². The van der Waals surface area contributed by atoms with Crippen molar-refractivity contribution in [2.24, 2.45) is 45.3 Å². The number of ether oxygens (including phenoxy) is 6. The van der Waals surface area contributed by atoms with Gasteiger partial charge in [-0.25, -0.2) is 0 Å². The van der Waals surface area contributed by atoms with Crippen LogP contribution in [-0.4, -0.2) is 191 Å². The maximum Gasteiger partial charge on any atom is 0.187 e. The van der Waals surface area contributed by atoms with Gasteiger partial charge in [-0.2, -0.15) is 0 Å². The molecule has 0 radical (unpaired) electrons. The maximum absolute atomic E-state index is 12.7. The van der Waals surface area contributed by atoms with Gasteiger partial charge in [-0.05, 0) is 124 Å². The van der Waals surface area contributed by atoms with Gasteiger partial charge in [-0.1, -0.05) is 46.3 Å². The summed E-state index contributed by atoms with van der Waals surface area (Å²) < 4.78 is 36.6. The van der Waals surface area contributed by atoms with E-state index in [2.05, 4.69) is 40.7 Å². The van der Waals surface area contributed by atoms with Crippen LogP contribution in [0, 0.1) is 45.3 Å². The number of aliphatic hydroxyl groups excluding tert-OH is 12. The van der Waals surface area contributed by atoms with E-state index in [1.807, 2.05) is 20.8 Å². The zero-order chi connectivity index (χ0) is 48.6. The average Bonchev–Trinajstić information content (AvgIpc) is 3.65. The van der Waals surface area contributed by atoms with Crippen LogP contribution in [0.1, 0.15) is 113 Å². The normalized spacial score (nSPS) is 52.4. The molecule has 0 aromatic rings. The molecule has 382 valence electrons. The zero-order valence-electron chi connectivity index (χ0n) is 40.0. The molecule has 0 unspecified atom stereocenters. The second-order valence-electron chi connectivity index (χ2n) is 22.9. The van der Waals surface area contributed by atoms with E-state index < -0.39 is 129 Å². The van der Waals surface area contributed by atoms with E-state index in [1.165, 1.54) is 0 Å². The van der Waals surface area contributed by atoms with Crippen LogP contribution in [0.3, 0.4) is 0 Å². The lowest BCUT2D eigenvalue weighted by Gasteiger charge is -2.71. The Hall–Kier alpha value is -0.980. The summed E-state index contributed by atoms with van der Waals surface area (Å²) in [6, 6.07) is 0. The largest absolute Gasteiger partial charge is 0.394 e. The minimum Gasteiger partial charge on any atom is -0.394 e. The third-order valence-electron chi connectivity index (χ3n) is 18.8. The minimum atomic E-state index is -1.72. The van der Waals surface area contributed by atoms with Crippen molar-refractivity contribution in [3.05, 3.63) is 11.6 Å². The second kappa shape index (κ2) is 19.6. The van der Waals surface area contributed by atoms with Crippen LogP contribution in [-0.2, 0) is 28.4 Å². The van der Waals surface area contributed by atoms with Crippen LogP contribution in [0.15, 0.2) is 11.6 Å². The molecule has 18 heteroatoms. The Morgan fingerprint density at radius 3 is 1.74 bits per heavy atom. The molecule has 0 aromatic heterocycles. The Balaban J connectivity index is 1.11. The molecule has 7 rings (SSSR count). The smallest absolute Gasteiger partial charge is 0.187 e. The summed E-state index contributed by atoms with van der Waals surface area (Å²) in [6.45, 7) is 15.8. The van der Waals surface area contributed by atoms with Gasteiger partial charge in [0.25, 0.3) is 0 Å². The van der Waals surface area contributed by atoms with Crippen molar-refractivity contribution in [1.29, 1.82) is 0 Å². The van der Waals surface area contributed by atoms with Gasteiger partial charge in [0.15, 0.2) is 18.9 Å². The van der Waals surface area contributed by atoms with E-state index in [9.17, 15) is 61.3 Å². The van der Waals surface area contributed by atoms with Crippen LogP contribution in [0.2, 0.25) is 0 Å². The molecule has 66 heavy (non-hydrogen) atoms. The van der Waals surface area contributed by atoms with Gasteiger partial charge in [0, 0.05) is 0 Å².